The number of aryl methyl sites for hydroxylation is 1. The number of hydrogen-bond donors (Lipinski definition) is 1. The van der Waals surface area contributed by atoms with E-state index in [9.17, 15) is 4.79 Å². The van der Waals surface area contributed by atoms with Crippen LogP contribution in [0, 0.1) is 0 Å². The van der Waals surface area contributed by atoms with E-state index < -0.39 is 0 Å². The van der Waals surface area contributed by atoms with Gasteiger partial charge in [0, 0.05) is 5.56 Å². The number of carbonyl (C=O) groups excluding carboxylic acids is 1. The first-order chi connectivity index (χ1) is 13.2. The molecule has 0 heterocycles. The van der Waals surface area contributed by atoms with Crippen LogP contribution < -0.4 is 10.2 Å². The van der Waals surface area contributed by atoms with Crippen LogP contribution in [-0.2, 0) is 17.6 Å². The van der Waals surface area contributed by atoms with Crippen molar-refractivity contribution in [3.05, 3.63) is 77.4 Å². The van der Waals surface area contributed by atoms with E-state index in [1.807, 2.05) is 36.4 Å². The average molecular weight is 358 g/mol. The number of methoxy groups -OCH3 is 1. The van der Waals surface area contributed by atoms with Crippen molar-refractivity contribution in [1.82, 2.24) is 5.43 Å². The third-order valence-corrected chi connectivity index (χ3v) is 5.03. The number of hydrogen-bond acceptors (Lipinski definition) is 3. The Morgan fingerprint density at radius 3 is 2.81 bits per heavy atom. The molecule has 3 aromatic carbocycles. The molecule has 4 nitrogen and oxygen atoms in total. The van der Waals surface area contributed by atoms with E-state index in [-0.39, 0.29) is 5.91 Å². The molecule has 0 spiro atoms. The number of nitrogens with zero attached hydrogens (tertiary/aromatic N) is 1. The van der Waals surface area contributed by atoms with Crippen molar-refractivity contribution in [2.24, 2.45) is 5.10 Å². The molecular weight excluding hydrogens is 336 g/mol. The zero-order chi connectivity index (χ0) is 18.6. The highest BCUT2D eigenvalue weighted by Gasteiger charge is 2.17. The van der Waals surface area contributed by atoms with Gasteiger partial charge in [0.1, 0.15) is 5.75 Å². The molecule has 3 aromatic rings. The Kier molecular flexibility index (Phi) is 4.88. The molecule has 136 valence electrons. The van der Waals surface area contributed by atoms with Crippen LogP contribution in [0.15, 0.2) is 65.8 Å². The molecule has 0 saturated carbocycles. The molecule has 4 rings (SSSR count). The van der Waals surface area contributed by atoms with Gasteiger partial charge in [-0.1, -0.05) is 42.5 Å². The molecule has 4 heteroatoms. The Hall–Kier alpha value is -3.14. The van der Waals surface area contributed by atoms with Gasteiger partial charge < -0.3 is 4.74 Å². The van der Waals surface area contributed by atoms with Crippen LogP contribution in [0.3, 0.4) is 0 Å². The van der Waals surface area contributed by atoms with E-state index in [1.165, 1.54) is 5.56 Å². The summed E-state index contributed by atoms with van der Waals surface area (Å²) in [5.74, 6) is 0.759. The summed E-state index contributed by atoms with van der Waals surface area (Å²) in [4.78, 5) is 12.5. The number of ether oxygens (including phenoxy) is 1. The number of nitrogens with one attached hydrogen (secondary N) is 1. The molecule has 0 aliphatic heterocycles. The molecule has 27 heavy (non-hydrogen) atoms. The van der Waals surface area contributed by atoms with E-state index in [2.05, 4.69) is 34.8 Å². The number of rotatable bonds is 4. The summed E-state index contributed by atoms with van der Waals surface area (Å²) < 4.78 is 5.31. The summed E-state index contributed by atoms with van der Waals surface area (Å²) in [6.07, 6.45) is 3.22. The van der Waals surface area contributed by atoms with E-state index in [0.29, 0.717) is 6.42 Å². The van der Waals surface area contributed by atoms with Gasteiger partial charge >= 0.3 is 0 Å². The van der Waals surface area contributed by atoms with Crippen LogP contribution in [0.1, 0.15) is 29.5 Å². The van der Waals surface area contributed by atoms with Crippen molar-refractivity contribution >= 4 is 22.4 Å². The lowest BCUT2D eigenvalue weighted by molar-refractivity contribution is -0.120. The third kappa shape index (κ3) is 3.70. The lowest BCUT2D eigenvalue weighted by Crippen LogP contribution is -2.23. The highest BCUT2D eigenvalue weighted by molar-refractivity contribution is 6.03. The summed E-state index contributed by atoms with van der Waals surface area (Å²) in [6, 6.07) is 20.2. The first kappa shape index (κ1) is 17.3. The molecule has 1 amide bonds. The fourth-order valence-corrected chi connectivity index (χ4v) is 3.67. The predicted octanol–water partition coefficient (Wildman–Crippen LogP) is 4.25. The standard InChI is InChI=1S/C23H22N2O2/c1-27-19-12-13-21-17(14-19)9-5-11-22(21)24-25-23(26)15-18-8-4-7-16-6-2-3-10-20(16)18/h2-4,6-8,10,12-14H,5,9,11,15H2,1H3,(H,25,26)/b24-22+. The lowest BCUT2D eigenvalue weighted by atomic mass is 9.90. The van der Waals surface area contributed by atoms with Gasteiger partial charge in [0.2, 0.25) is 5.91 Å². The Balaban J connectivity index is 1.51. The van der Waals surface area contributed by atoms with Crippen LogP contribution in [0.2, 0.25) is 0 Å². The summed E-state index contributed by atoms with van der Waals surface area (Å²) >= 11 is 0. The zero-order valence-electron chi connectivity index (χ0n) is 15.4. The van der Waals surface area contributed by atoms with Crippen LogP contribution in [0.4, 0.5) is 0 Å². The van der Waals surface area contributed by atoms with Crippen molar-refractivity contribution in [2.75, 3.05) is 7.11 Å². The molecule has 0 saturated heterocycles. The molecule has 1 aliphatic rings. The highest BCUT2D eigenvalue weighted by atomic mass is 16.5. The first-order valence-electron chi connectivity index (χ1n) is 9.24. The SMILES string of the molecule is COc1ccc2c(c1)CCC/C2=N\NC(=O)Cc1cccc2ccccc12. The number of fused-ring (bicyclic) bond motifs is 2. The first-order valence-corrected chi connectivity index (χ1v) is 9.24. The van der Waals surface area contributed by atoms with E-state index >= 15 is 0 Å². The number of carbonyl (C=O) groups is 1. The highest BCUT2D eigenvalue weighted by Crippen LogP contribution is 2.25. The predicted molar refractivity (Wildman–Crippen MR) is 108 cm³/mol. The minimum absolute atomic E-state index is 0.0977. The van der Waals surface area contributed by atoms with Gasteiger partial charge in [0.05, 0.1) is 19.2 Å². The van der Waals surface area contributed by atoms with Gasteiger partial charge in [-0.15, -0.1) is 0 Å². The largest absolute Gasteiger partial charge is 0.497 e. The monoisotopic (exact) mass is 358 g/mol. The van der Waals surface area contributed by atoms with Crippen molar-refractivity contribution in [2.45, 2.75) is 25.7 Å². The second kappa shape index (κ2) is 7.62. The van der Waals surface area contributed by atoms with E-state index in [4.69, 9.17) is 4.74 Å². The third-order valence-electron chi connectivity index (χ3n) is 5.03. The quantitative estimate of drug-likeness (QED) is 0.709. The Labute approximate surface area is 158 Å². The van der Waals surface area contributed by atoms with Gasteiger partial charge in [-0.2, -0.15) is 5.10 Å². The van der Waals surface area contributed by atoms with Crippen molar-refractivity contribution in [3.63, 3.8) is 0 Å². The second-order valence-corrected chi connectivity index (χ2v) is 6.79. The Bertz CT molecular complexity index is 1020. The minimum Gasteiger partial charge on any atom is -0.497 e. The summed E-state index contributed by atoms with van der Waals surface area (Å²) in [5.41, 5.74) is 7.03. The molecular formula is C23H22N2O2. The van der Waals surface area contributed by atoms with Gasteiger partial charge in [0.25, 0.3) is 0 Å². The average Bonchev–Trinajstić information content (AvgIpc) is 2.72. The van der Waals surface area contributed by atoms with E-state index in [0.717, 1.165) is 52.6 Å². The number of hydrazone groups is 1. The minimum atomic E-state index is -0.0977. The van der Waals surface area contributed by atoms with Crippen LogP contribution in [0.25, 0.3) is 10.8 Å². The molecule has 1 aliphatic carbocycles. The lowest BCUT2D eigenvalue weighted by Gasteiger charge is -2.18. The number of amides is 1. The maximum atomic E-state index is 12.5. The topological polar surface area (TPSA) is 50.7 Å². The maximum Gasteiger partial charge on any atom is 0.244 e. The van der Waals surface area contributed by atoms with Crippen LogP contribution in [-0.4, -0.2) is 18.7 Å². The Morgan fingerprint density at radius 1 is 1.07 bits per heavy atom. The second-order valence-electron chi connectivity index (χ2n) is 6.79. The van der Waals surface area contributed by atoms with Crippen molar-refractivity contribution in [3.8, 4) is 5.75 Å². The van der Waals surface area contributed by atoms with Crippen LogP contribution >= 0.6 is 0 Å². The van der Waals surface area contributed by atoms with Gasteiger partial charge in [-0.25, -0.2) is 5.43 Å². The fraction of sp³-hybridized carbons (Fsp3) is 0.217. The molecule has 0 atom stereocenters. The normalized spacial score (nSPS) is 14.8. The maximum absolute atomic E-state index is 12.5. The van der Waals surface area contributed by atoms with Crippen LogP contribution in [0.5, 0.6) is 5.75 Å². The summed E-state index contributed by atoms with van der Waals surface area (Å²) in [7, 11) is 1.67. The molecule has 0 aromatic heterocycles. The van der Waals surface area contributed by atoms with Gasteiger partial charge in [-0.05, 0) is 59.4 Å². The molecule has 0 radical (unpaired) electrons. The molecule has 0 unspecified atom stereocenters. The van der Waals surface area contributed by atoms with Crippen molar-refractivity contribution < 1.29 is 9.53 Å². The van der Waals surface area contributed by atoms with E-state index in [1.54, 1.807) is 7.11 Å². The molecule has 0 fully saturated rings. The van der Waals surface area contributed by atoms with Crippen molar-refractivity contribution in [1.29, 1.82) is 0 Å². The van der Waals surface area contributed by atoms with Gasteiger partial charge in [0.15, 0.2) is 0 Å². The summed E-state index contributed by atoms with van der Waals surface area (Å²) in [6.45, 7) is 0. The smallest absolute Gasteiger partial charge is 0.244 e. The molecule has 0 bridgehead atoms. The fourth-order valence-electron chi connectivity index (χ4n) is 3.67. The Morgan fingerprint density at radius 2 is 1.93 bits per heavy atom. The number of benzene rings is 3. The zero-order valence-corrected chi connectivity index (χ0v) is 15.4. The molecule has 1 N–H and O–H groups in total. The van der Waals surface area contributed by atoms with Gasteiger partial charge in [-0.3, -0.25) is 4.79 Å². The summed E-state index contributed by atoms with van der Waals surface area (Å²) in [5, 5.41) is 6.68.